The van der Waals surface area contributed by atoms with Crippen molar-refractivity contribution in [3.05, 3.63) is 12.4 Å². The van der Waals surface area contributed by atoms with Gasteiger partial charge in [-0.05, 0) is 32.6 Å². The Bertz CT molecular complexity index is 489. The Morgan fingerprint density at radius 1 is 1.14 bits per heavy atom. The Labute approximate surface area is 132 Å². The van der Waals surface area contributed by atoms with E-state index in [2.05, 4.69) is 39.7 Å². The minimum atomic E-state index is 0.218. The zero-order valence-electron chi connectivity index (χ0n) is 13.5. The van der Waals surface area contributed by atoms with Crippen molar-refractivity contribution in [2.75, 3.05) is 42.6 Å². The maximum Gasteiger partial charge on any atom is 0.134 e. The van der Waals surface area contributed by atoms with Crippen LogP contribution in [0.15, 0.2) is 12.4 Å². The number of aromatic nitrogens is 2. The van der Waals surface area contributed by atoms with E-state index in [1.807, 2.05) is 0 Å². The first kappa shape index (κ1) is 15.5. The van der Waals surface area contributed by atoms with Crippen molar-refractivity contribution in [2.24, 2.45) is 5.92 Å². The second kappa shape index (κ2) is 6.79. The average molecular weight is 306 g/mol. The maximum atomic E-state index is 9.39. The second-order valence-electron chi connectivity index (χ2n) is 6.53. The molecule has 22 heavy (non-hydrogen) atoms. The van der Waals surface area contributed by atoms with Gasteiger partial charge in [0.25, 0.3) is 0 Å². The summed E-state index contributed by atoms with van der Waals surface area (Å²) in [6, 6.07) is 2.07. The van der Waals surface area contributed by atoms with E-state index in [0.717, 1.165) is 50.7 Å². The van der Waals surface area contributed by atoms with Gasteiger partial charge in [-0.15, -0.1) is 0 Å². The Balaban J connectivity index is 1.74. The Kier molecular flexibility index (Phi) is 4.78. The van der Waals surface area contributed by atoms with Crippen molar-refractivity contribution in [3.63, 3.8) is 0 Å². The van der Waals surface area contributed by atoms with Gasteiger partial charge in [0.2, 0.25) is 0 Å². The Hall–Kier alpha value is -1.40. The molecule has 1 aromatic heterocycles. The lowest BCUT2D eigenvalue weighted by molar-refractivity contribution is -0.00546. The van der Waals surface area contributed by atoms with Gasteiger partial charge in [0.1, 0.15) is 18.0 Å². The summed E-state index contributed by atoms with van der Waals surface area (Å²) in [5.74, 6) is 2.30. The van der Waals surface area contributed by atoms with Gasteiger partial charge in [0.05, 0.1) is 12.2 Å². The molecule has 0 aliphatic carbocycles. The van der Waals surface area contributed by atoms with Crippen LogP contribution in [0.3, 0.4) is 0 Å². The van der Waals surface area contributed by atoms with E-state index in [9.17, 15) is 5.11 Å². The molecule has 2 aliphatic heterocycles. The number of piperidine rings is 1. The summed E-state index contributed by atoms with van der Waals surface area (Å²) < 4.78 is 5.79. The first-order valence-electron chi connectivity index (χ1n) is 8.24. The van der Waals surface area contributed by atoms with Crippen LogP contribution in [0.2, 0.25) is 0 Å². The van der Waals surface area contributed by atoms with Crippen molar-refractivity contribution in [2.45, 2.75) is 38.9 Å². The third-order valence-electron chi connectivity index (χ3n) is 4.48. The van der Waals surface area contributed by atoms with Gasteiger partial charge >= 0.3 is 0 Å². The third kappa shape index (κ3) is 3.50. The minimum Gasteiger partial charge on any atom is -0.396 e. The third-order valence-corrected chi connectivity index (χ3v) is 4.48. The van der Waals surface area contributed by atoms with E-state index in [-0.39, 0.29) is 18.8 Å². The molecule has 0 bridgehead atoms. The van der Waals surface area contributed by atoms with Gasteiger partial charge in [-0.2, -0.15) is 0 Å². The highest BCUT2D eigenvalue weighted by molar-refractivity contribution is 5.50. The predicted molar refractivity (Wildman–Crippen MR) is 86.3 cm³/mol. The average Bonchev–Trinajstić information content (AvgIpc) is 2.54. The minimum absolute atomic E-state index is 0.218. The molecule has 6 heteroatoms. The van der Waals surface area contributed by atoms with Gasteiger partial charge in [-0.3, -0.25) is 0 Å². The fraction of sp³-hybridized carbons (Fsp3) is 0.750. The fourth-order valence-corrected chi connectivity index (χ4v) is 3.47. The first-order chi connectivity index (χ1) is 10.7. The summed E-state index contributed by atoms with van der Waals surface area (Å²) in [6.45, 7) is 8.06. The maximum absolute atomic E-state index is 9.39. The van der Waals surface area contributed by atoms with Crippen molar-refractivity contribution < 1.29 is 9.84 Å². The highest BCUT2D eigenvalue weighted by atomic mass is 16.5. The molecule has 2 aliphatic rings. The predicted octanol–water partition coefficient (Wildman–Crippen LogP) is 1.30. The molecule has 3 heterocycles. The Morgan fingerprint density at radius 3 is 2.50 bits per heavy atom. The zero-order chi connectivity index (χ0) is 15.5. The highest BCUT2D eigenvalue weighted by Gasteiger charge is 2.25. The smallest absolute Gasteiger partial charge is 0.134 e. The molecule has 122 valence electrons. The van der Waals surface area contributed by atoms with E-state index in [0.29, 0.717) is 5.92 Å². The van der Waals surface area contributed by atoms with E-state index in [1.165, 1.54) is 0 Å². The molecular weight excluding hydrogens is 280 g/mol. The summed E-state index contributed by atoms with van der Waals surface area (Å²) in [5.41, 5.74) is 0. The van der Waals surface area contributed by atoms with Crippen LogP contribution in [0.4, 0.5) is 11.6 Å². The van der Waals surface area contributed by atoms with Crippen molar-refractivity contribution in [3.8, 4) is 0 Å². The number of ether oxygens (including phenoxy) is 1. The molecule has 3 atom stereocenters. The van der Waals surface area contributed by atoms with E-state index < -0.39 is 0 Å². The second-order valence-corrected chi connectivity index (χ2v) is 6.53. The number of hydrogen-bond donors (Lipinski definition) is 1. The van der Waals surface area contributed by atoms with Crippen LogP contribution in [0.25, 0.3) is 0 Å². The van der Waals surface area contributed by atoms with Gasteiger partial charge in [-0.25, -0.2) is 9.97 Å². The number of hydrogen-bond acceptors (Lipinski definition) is 6. The molecule has 0 amide bonds. The summed E-state index contributed by atoms with van der Waals surface area (Å²) >= 11 is 0. The van der Waals surface area contributed by atoms with E-state index in [1.54, 1.807) is 6.33 Å². The molecule has 0 saturated carbocycles. The van der Waals surface area contributed by atoms with Crippen LogP contribution in [-0.2, 0) is 4.74 Å². The van der Waals surface area contributed by atoms with Crippen LogP contribution >= 0.6 is 0 Å². The molecule has 2 saturated heterocycles. The summed E-state index contributed by atoms with van der Waals surface area (Å²) in [7, 11) is 0. The number of aliphatic hydroxyl groups is 1. The van der Waals surface area contributed by atoms with Crippen molar-refractivity contribution in [1.82, 2.24) is 9.97 Å². The standard InChI is InChI=1S/C16H26N4O2/c1-12-7-20(8-13(2)22-12)16-6-15(17-11-18-16)19-5-3-4-14(9-19)10-21/h6,11-14,21H,3-5,7-10H2,1-2H3/t12-,13+,14-/m1/s1. The van der Waals surface area contributed by atoms with E-state index >= 15 is 0 Å². The SMILES string of the molecule is C[C@@H]1CN(c2cc(N3CCC[C@@H](CO)C3)ncn2)C[C@H](C)O1. The normalized spacial score (nSPS) is 29.7. The lowest BCUT2D eigenvalue weighted by Crippen LogP contribution is -2.46. The van der Waals surface area contributed by atoms with E-state index in [4.69, 9.17) is 4.74 Å². The van der Waals surface area contributed by atoms with Crippen LogP contribution < -0.4 is 9.80 Å². The molecule has 1 N–H and O–H groups in total. The number of nitrogens with zero attached hydrogens (tertiary/aromatic N) is 4. The molecule has 3 rings (SSSR count). The molecule has 2 fully saturated rings. The molecule has 1 aromatic rings. The van der Waals surface area contributed by atoms with Gasteiger partial charge in [0.15, 0.2) is 0 Å². The number of rotatable bonds is 3. The summed E-state index contributed by atoms with van der Waals surface area (Å²) in [4.78, 5) is 13.4. The monoisotopic (exact) mass is 306 g/mol. The molecule has 0 spiro atoms. The summed E-state index contributed by atoms with van der Waals surface area (Å²) in [6.07, 6.45) is 4.30. The lowest BCUT2D eigenvalue weighted by Gasteiger charge is -2.37. The number of aliphatic hydroxyl groups excluding tert-OH is 1. The first-order valence-corrected chi connectivity index (χ1v) is 8.24. The quantitative estimate of drug-likeness (QED) is 0.908. The van der Waals surface area contributed by atoms with Crippen LogP contribution in [-0.4, -0.2) is 60.1 Å². The molecule has 0 radical (unpaired) electrons. The zero-order valence-corrected chi connectivity index (χ0v) is 13.5. The van der Waals surface area contributed by atoms with Crippen LogP contribution in [0, 0.1) is 5.92 Å². The largest absolute Gasteiger partial charge is 0.396 e. The lowest BCUT2D eigenvalue weighted by atomic mass is 9.99. The van der Waals surface area contributed by atoms with Gasteiger partial charge in [0, 0.05) is 38.9 Å². The molecule has 0 aromatic carbocycles. The topological polar surface area (TPSA) is 61.7 Å². The van der Waals surface area contributed by atoms with Crippen molar-refractivity contribution >= 4 is 11.6 Å². The number of anilines is 2. The highest BCUT2D eigenvalue weighted by Crippen LogP contribution is 2.25. The van der Waals surface area contributed by atoms with Crippen LogP contribution in [0.1, 0.15) is 26.7 Å². The molecule has 0 unspecified atom stereocenters. The Morgan fingerprint density at radius 2 is 1.82 bits per heavy atom. The number of morpholine rings is 1. The molecule has 6 nitrogen and oxygen atoms in total. The van der Waals surface area contributed by atoms with Crippen LogP contribution in [0.5, 0.6) is 0 Å². The van der Waals surface area contributed by atoms with Gasteiger partial charge < -0.3 is 19.6 Å². The van der Waals surface area contributed by atoms with Crippen molar-refractivity contribution in [1.29, 1.82) is 0 Å². The van der Waals surface area contributed by atoms with Gasteiger partial charge in [-0.1, -0.05) is 0 Å². The summed E-state index contributed by atoms with van der Waals surface area (Å²) in [5, 5.41) is 9.39. The molecular formula is C16H26N4O2. The fourth-order valence-electron chi connectivity index (χ4n) is 3.47.